The van der Waals surface area contributed by atoms with E-state index in [1.165, 1.54) is 45.1 Å². The maximum atomic E-state index is 3.30. The highest BCUT2D eigenvalue weighted by molar-refractivity contribution is 4.74. The van der Waals surface area contributed by atoms with Gasteiger partial charge in [0, 0.05) is 12.1 Å². The van der Waals surface area contributed by atoms with Crippen LogP contribution in [-0.2, 0) is 0 Å². The number of hydrogen-bond acceptors (Lipinski definition) is 2. The molecule has 0 aliphatic heterocycles. The van der Waals surface area contributed by atoms with Gasteiger partial charge in [0.15, 0.2) is 0 Å². The van der Waals surface area contributed by atoms with Crippen molar-refractivity contribution in [1.82, 2.24) is 10.2 Å². The van der Waals surface area contributed by atoms with Crippen LogP contribution in [0.5, 0.6) is 0 Å². The molecule has 0 aromatic rings. The van der Waals surface area contributed by atoms with Crippen LogP contribution in [0.3, 0.4) is 0 Å². The van der Waals surface area contributed by atoms with Crippen LogP contribution in [0.15, 0.2) is 0 Å². The lowest BCUT2D eigenvalue weighted by Crippen LogP contribution is -2.36. The molecule has 0 radical (unpaired) electrons. The molecule has 1 atom stereocenters. The van der Waals surface area contributed by atoms with E-state index in [1.54, 1.807) is 0 Å². The topological polar surface area (TPSA) is 15.3 Å². The maximum Gasteiger partial charge on any atom is 0.00922 e. The third-order valence-electron chi connectivity index (χ3n) is 3.61. The lowest BCUT2D eigenvalue weighted by atomic mass is 9.94. The Bertz CT molecular complexity index is 141. The Labute approximate surface area is 89.1 Å². The van der Waals surface area contributed by atoms with Gasteiger partial charge in [0.1, 0.15) is 0 Å². The molecule has 0 spiro atoms. The average Bonchev–Trinajstić information content (AvgIpc) is 2.26. The van der Waals surface area contributed by atoms with Gasteiger partial charge in [-0.15, -0.1) is 0 Å². The zero-order valence-corrected chi connectivity index (χ0v) is 10.1. The SMILES string of the molecule is CNC(C)CCN(C)C1CCCCC1. The third-order valence-corrected chi connectivity index (χ3v) is 3.61. The molecular weight excluding hydrogens is 172 g/mol. The largest absolute Gasteiger partial charge is 0.317 e. The van der Waals surface area contributed by atoms with Crippen LogP contribution in [-0.4, -0.2) is 37.6 Å². The number of rotatable bonds is 5. The summed E-state index contributed by atoms with van der Waals surface area (Å²) in [6, 6.07) is 1.52. The lowest BCUT2D eigenvalue weighted by Gasteiger charge is -2.31. The Morgan fingerprint density at radius 3 is 2.50 bits per heavy atom. The normalized spacial score (nSPS) is 21.4. The molecule has 1 aliphatic carbocycles. The summed E-state index contributed by atoms with van der Waals surface area (Å²) in [7, 11) is 4.34. The molecule has 1 fully saturated rings. The molecule has 0 bridgehead atoms. The summed E-state index contributed by atoms with van der Waals surface area (Å²) in [4.78, 5) is 2.56. The fraction of sp³-hybridized carbons (Fsp3) is 1.00. The highest BCUT2D eigenvalue weighted by atomic mass is 15.1. The molecule has 1 rings (SSSR count). The average molecular weight is 198 g/mol. The summed E-state index contributed by atoms with van der Waals surface area (Å²) in [5.41, 5.74) is 0. The summed E-state index contributed by atoms with van der Waals surface area (Å²) < 4.78 is 0. The predicted octanol–water partition coefficient (Wildman–Crippen LogP) is 2.25. The molecule has 0 aromatic carbocycles. The van der Waals surface area contributed by atoms with Crippen LogP contribution in [0.25, 0.3) is 0 Å². The molecule has 1 saturated carbocycles. The Hall–Kier alpha value is -0.0800. The number of nitrogens with zero attached hydrogens (tertiary/aromatic N) is 1. The Morgan fingerprint density at radius 1 is 1.29 bits per heavy atom. The molecule has 0 aromatic heterocycles. The molecule has 0 saturated heterocycles. The van der Waals surface area contributed by atoms with Gasteiger partial charge in [-0.25, -0.2) is 0 Å². The van der Waals surface area contributed by atoms with E-state index in [0.717, 1.165) is 6.04 Å². The van der Waals surface area contributed by atoms with Gasteiger partial charge >= 0.3 is 0 Å². The van der Waals surface area contributed by atoms with E-state index in [-0.39, 0.29) is 0 Å². The zero-order chi connectivity index (χ0) is 10.4. The van der Waals surface area contributed by atoms with E-state index in [0.29, 0.717) is 6.04 Å². The van der Waals surface area contributed by atoms with E-state index in [9.17, 15) is 0 Å². The van der Waals surface area contributed by atoms with Crippen molar-refractivity contribution in [1.29, 1.82) is 0 Å². The second-order valence-corrected chi connectivity index (χ2v) is 4.75. The van der Waals surface area contributed by atoms with Gasteiger partial charge in [-0.1, -0.05) is 19.3 Å². The van der Waals surface area contributed by atoms with Gasteiger partial charge in [0.05, 0.1) is 0 Å². The van der Waals surface area contributed by atoms with Crippen molar-refractivity contribution in [2.24, 2.45) is 0 Å². The standard InChI is InChI=1S/C12H26N2/c1-11(13-2)9-10-14(3)12-7-5-4-6-8-12/h11-13H,4-10H2,1-3H3. The van der Waals surface area contributed by atoms with E-state index in [4.69, 9.17) is 0 Å². The first kappa shape index (κ1) is 12.0. The zero-order valence-electron chi connectivity index (χ0n) is 10.1. The van der Waals surface area contributed by atoms with E-state index in [1.807, 2.05) is 7.05 Å². The van der Waals surface area contributed by atoms with Crippen LogP contribution in [0, 0.1) is 0 Å². The van der Waals surface area contributed by atoms with Crippen molar-refractivity contribution in [2.75, 3.05) is 20.6 Å². The Kier molecular flexibility index (Phi) is 5.49. The summed E-state index contributed by atoms with van der Waals surface area (Å²) in [6.07, 6.45) is 8.45. The minimum absolute atomic E-state index is 0.654. The van der Waals surface area contributed by atoms with Crippen molar-refractivity contribution in [3.8, 4) is 0 Å². The molecule has 2 nitrogen and oxygen atoms in total. The monoisotopic (exact) mass is 198 g/mol. The van der Waals surface area contributed by atoms with E-state index < -0.39 is 0 Å². The quantitative estimate of drug-likeness (QED) is 0.729. The molecule has 0 amide bonds. The molecule has 84 valence electrons. The van der Waals surface area contributed by atoms with Crippen LogP contribution in [0.4, 0.5) is 0 Å². The van der Waals surface area contributed by atoms with Crippen molar-refractivity contribution in [3.63, 3.8) is 0 Å². The Balaban J connectivity index is 2.16. The fourth-order valence-corrected chi connectivity index (χ4v) is 2.25. The lowest BCUT2D eigenvalue weighted by molar-refractivity contribution is 0.185. The van der Waals surface area contributed by atoms with E-state index >= 15 is 0 Å². The molecule has 1 aliphatic rings. The number of nitrogens with one attached hydrogen (secondary N) is 1. The predicted molar refractivity (Wildman–Crippen MR) is 62.6 cm³/mol. The minimum Gasteiger partial charge on any atom is -0.317 e. The first-order valence-electron chi connectivity index (χ1n) is 6.11. The van der Waals surface area contributed by atoms with Gasteiger partial charge in [-0.2, -0.15) is 0 Å². The highest BCUT2D eigenvalue weighted by Crippen LogP contribution is 2.21. The number of hydrogen-bond donors (Lipinski definition) is 1. The van der Waals surface area contributed by atoms with Crippen molar-refractivity contribution in [3.05, 3.63) is 0 Å². The van der Waals surface area contributed by atoms with Crippen LogP contribution < -0.4 is 5.32 Å². The first-order chi connectivity index (χ1) is 6.74. The van der Waals surface area contributed by atoms with Crippen molar-refractivity contribution >= 4 is 0 Å². The second-order valence-electron chi connectivity index (χ2n) is 4.75. The van der Waals surface area contributed by atoms with Gasteiger partial charge < -0.3 is 10.2 Å². The van der Waals surface area contributed by atoms with Gasteiger partial charge in [0.2, 0.25) is 0 Å². The molecule has 1 N–H and O–H groups in total. The maximum absolute atomic E-state index is 3.30. The van der Waals surface area contributed by atoms with Crippen molar-refractivity contribution in [2.45, 2.75) is 57.5 Å². The summed E-state index contributed by atoms with van der Waals surface area (Å²) in [5.74, 6) is 0. The van der Waals surface area contributed by atoms with Crippen LogP contribution in [0.1, 0.15) is 45.4 Å². The molecular formula is C12H26N2. The van der Waals surface area contributed by atoms with Gasteiger partial charge in [-0.05, 0) is 46.8 Å². The summed E-state index contributed by atoms with van der Waals surface area (Å²) in [6.45, 7) is 3.50. The Morgan fingerprint density at radius 2 is 1.93 bits per heavy atom. The van der Waals surface area contributed by atoms with Crippen LogP contribution >= 0.6 is 0 Å². The minimum atomic E-state index is 0.654. The fourth-order valence-electron chi connectivity index (χ4n) is 2.25. The molecule has 0 heterocycles. The highest BCUT2D eigenvalue weighted by Gasteiger charge is 2.17. The van der Waals surface area contributed by atoms with Crippen molar-refractivity contribution < 1.29 is 0 Å². The first-order valence-corrected chi connectivity index (χ1v) is 6.11. The summed E-state index contributed by atoms with van der Waals surface area (Å²) >= 11 is 0. The smallest absolute Gasteiger partial charge is 0.00922 e. The third kappa shape index (κ3) is 3.97. The molecule has 14 heavy (non-hydrogen) atoms. The van der Waals surface area contributed by atoms with Gasteiger partial charge in [0.25, 0.3) is 0 Å². The summed E-state index contributed by atoms with van der Waals surface area (Å²) in [5, 5.41) is 3.30. The second kappa shape index (κ2) is 6.41. The molecule has 2 heteroatoms. The van der Waals surface area contributed by atoms with E-state index in [2.05, 4.69) is 24.2 Å². The molecule has 1 unspecified atom stereocenters. The van der Waals surface area contributed by atoms with Crippen LogP contribution in [0.2, 0.25) is 0 Å². The van der Waals surface area contributed by atoms with Gasteiger partial charge in [-0.3, -0.25) is 0 Å².